The first kappa shape index (κ1) is 12.1. The quantitative estimate of drug-likeness (QED) is 0.919. The van der Waals surface area contributed by atoms with Crippen molar-refractivity contribution in [3.05, 3.63) is 46.7 Å². The highest BCUT2D eigenvalue weighted by Gasteiger charge is 2.32. The molecule has 0 spiro atoms. The summed E-state index contributed by atoms with van der Waals surface area (Å²) in [4.78, 5) is 1.25. The van der Waals surface area contributed by atoms with Crippen LogP contribution in [0.2, 0.25) is 5.02 Å². The van der Waals surface area contributed by atoms with Gasteiger partial charge < -0.3 is 5.11 Å². The van der Waals surface area contributed by atoms with Crippen LogP contribution in [0.25, 0.3) is 0 Å². The van der Waals surface area contributed by atoms with Crippen molar-refractivity contribution in [3.8, 4) is 0 Å². The lowest BCUT2D eigenvalue weighted by molar-refractivity contribution is 0.144. The van der Waals surface area contributed by atoms with Gasteiger partial charge >= 0.3 is 0 Å². The Kier molecular flexibility index (Phi) is 3.09. The third-order valence-corrected chi connectivity index (χ3v) is 4.84. The Bertz CT molecular complexity index is 565. The summed E-state index contributed by atoms with van der Waals surface area (Å²) in [5.74, 6) is 0.960. The number of benzene rings is 1. The van der Waals surface area contributed by atoms with E-state index in [9.17, 15) is 5.11 Å². The van der Waals surface area contributed by atoms with E-state index in [1.807, 2.05) is 12.1 Å². The monoisotopic (exact) mass is 280 g/mol. The summed E-state index contributed by atoms with van der Waals surface area (Å²) in [5.41, 5.74) is 1.89. The number of halogens is 1. The molecule has 1 aromatic carbocycles. The van der Waals surface area contributed by atoms with Gasteiger partial charge in [-0.2, -0.15) is 5.10 Å². The van der Waals surface area contributed by atoms with Crippen LogP contribution in [-0.4, -0.2) is 20.6 Å². The summed E-state index contributed by atoms with van der Waals surface area (Å²) in [7, 11) is 1.80. The highest BCUT2D eigenvalue weighted by molar-refractivity contribution is 7.99. The summed E-state index contributed by atoms with van der Waals surface area (Å²) in [6.45, 7) is 0. The number of aliphatic hydroxyl groups is 1. The molecule has 0 saturated carbocycles. The molecule has 0 aliphatic carbocycles. The average molecular weight is 281 g/mol. The first-order chi connectivity index (χ1) is 8.68. The second kappa shape index (κ2) is 4.61. The molecular formula is C13H13ClN2OS. The number of hydrogen-bond acceptors (Lipinski definition) is 3. The van der Waals surface area contributed by atoms with Gasteiger partial charge in [-0.25, -0.2) is 0 Å². The maximum absolute atomic E-state index is 10.6. The largest absolute Gasteiger partial charge is 0.386 e. The minimum absolute atomic E-state index is 0.0825. The smallest absolute Gasteiger partial charge is 0.105 e. The summed E-state index contributed by atoms with van der Waals surface area (Å²) >= 11 is 7.88. The van der Waals surface area contributed by atoms with Gasteiger partial charge in [-0.3, -0.25) is 4.68 Å². The topological polar surface area (TPSA) is 38.0 Å². The molecule has 0 saturated heterocycles. The summed E-state index contributed by atoms with van der Waals surface area (Å²) in [6.07, 6.45) is 0.967. The molecule has 1 aliphatic rings. The van der Waals surface area contributed by atoms with Crippen molar-refractivity contribution in [2.75, 3.05) is 5.75 Å². The second-order valence-corrected chi connectivity index (χ2v) is 5.87. The highest BCUT2D eigenvalue weighted by Crippen LogP contribution is 2.46. The van der Waals surface area contributed by atoms with Gasteiger partial charge in [0.1, 0.15) is 6.10 Å². The molecule has 0 bridgehead atoms. The van der Waals surface area contributed by atoms with Gasteiger partial charge in [0.15, 0.2) is 0 Å². The number of aryl methyl sites for hydroxylation is 1. The fourth-order valence-electron chi connectivity index (χ4n) is 2.39. The van der Waals surface area contributed by atoms with Gasteiger partial charge in [-0.1, -0.05) is 29.8 Å². The van der Waals surface area contributed by atoms with E-state index in [2.05, 4.69) is 17.2 Å². The molecule has 2 heterocycles. The summed E-state index contributed by atoms with van der Waals surface area (Å²) in [5, 5.41) is 15.2. The molecule has 2 aromatic rings. The minimum Gasteiger partial charge on any atom is -0.386 e. The Labute approximate surface area is 115 Å². The number of nitrogens with zero attached hydrogens (tertiary/aromatic N) is 2. The van der Waals surface area contributed by atoms with Crippen molar-refractivity contribution in [2.45, 2.75) is 16.9 Å². The van der Waals surface area contributed by atoms with Crippen LogP contribution in [0.4, 0.5) is 0 Å². The average Bonchev–Trinajstić information content (AvgIpc) is 2.93. The predicted octanol–water partition coefficient (Wildman–Crippen LogP) is 3.00. The molecule has 3 rings (SSSR count). The molecule has 2 unspecified atom stereocenters. The third kappa shape index (κ3) is 1.85. The lowest BCUT2D eigenvalue weighted by Crippen LogP contribution is -2.14. The number of hydrogen-bond donors (Lipinski definition) is 1. The standard InChI is InChI=1S/C13H13ClN2OS/c1-16-12(10(14)6-15-16)13(17)9-7-18-11-5-3-2-4-8(9)11/h2-6,9,13,17H,7H2,1H3. The predicted molar refractivity (Wildman–Crippen MR) is 73.1 cm³/mol. The fraction of sp³-hybridized carbons (Fsp3) is 0.308. The van der Waals surface area contributed by atoms with Crippen LogP contribution in [-0.2, 0) is 7.05 Å². The second-order valence-electron chi connectivity index (χ2n) is 4.40. The zero-order chi connectivity index (χ0) is 12.7. The zero-order valence-corrected chi connectivity index (χ0v) is 11.4. The first-order valence-corrected chi connectivity index (χ1v) is 7.12. The molecule has 1 N–H and O–H groups in total. The maximum Gasteiger partial charge on any atom is 0.105 e. The van der Waals surface area contributed by atoms with Gasteiger partial charge in [-0.05, 0) is 11.6 Å². The van der Waals surface area contributed by atoms with Crippen molar-refractivity contribution >= 4 is 23.4 Å². The van der Waals surface area contributed by atoms with Gasteiger partial charge in [0.25, 0.3) is 0 Å². The summed E-state index contributed by atoms with van der Waals surface area (Å²) in [6, 6.07) is 8.21. The Balaban J connectivity index is 1.98. The molecule has 94 valence electrons. The van der Waals surface area contributed by atoms with Crippen LogP contribution in [0.3, 0.4) is 0 Å². The molecule has 1 aromatic heterocycles. The molecular weight excluding hydrogens is 268 g/mol. The van der Waals surface area contributed by atoms with Gasteiger partial charge in [-0.15, -0.1) is 11.8 Å². The maximum atomic E-state index is 10.6. The van der Waals surface area contributed by atoms with E-state index in [1.54, 1.807) is 29.7 Å². The number of fused-ring (bicyclic) bond motifs is 1. The number of aromatic nitrogens is 2. The van der Waals surface area contributed by atoms with E-state index >= 15 is 0 Å². The minimum atomic E-state index is -0.610. The molecule has 0 radical (unpaired) electrons. The molecule has 18 heavy (non-hydrogen) atoms. The molecule has 3 nitrogen and oxygen atoms in total. The molecule has 0 amide bonds. The first-order valence-electron chi connectivity index (χ1n) is 5.75. The van der Waals surface area contributed by atoms with Crippen LogP contribution < -0.4 is 0 Å². The molecule has 2 atom stereocenters. The van der Waals surface area contributed by atoms with Crippen molar-refractivity contribution in [2.24, 2.45) is 7.05 Å². The van der Waals surface area contributed by atoms with Gasteiger partial charge in [0.05, 0.1) is 16.9 Å². The Hall–Kier alpha value is -0.970. The Morgan fingerprint density at radius 2 is 2.28 bits per heavy atom. The van der Waals surface area contributed by atoms with Crippen molar-refractivity contribution in [1.29, 1.82) is 0 Å². The van der Waals surface area contributed by atoms with E-state index in [0.717, 1.165) is 5.75 Å². The highest BCUT2D eigenvalue weighted by atomic mass is 35.5. The van der Waals surface area contributed by atoms with Crippen LogP contribution in [0.1, 0.15) is 23.3 Å². The van der Waals surface area contributed by atoms with E-state index in [4.69, 9.17) is 11.6 Å². The number of aliphatic hydroxyl groups excluding tert-OH is 1. The Morgan fingerprint density at radius 1 is 1.50 bits per heavy atom. The third-order valence-electron chi connectivity index (χ3n) is 3.34. The number of thioether (sulfide) groups is 1. The van der Waals surface area contributed by atoms with E-state index in [-0.39, 0.29) is 5.92 Å². The van der Waals surface area contributed by atoms with Gasteiger partial charge in [0, 0.05) is 23.6 Å². The molecule has 1 aliphatic heterocycles. The van der Waals surface area contributed by atoms with E-state index < -0.39 is 6.10 Å². The van der Waals surface area contributed by atoms with E-state index in [0.29, 0.717) is 10.7 Å². The van der Waals surface area contributed by atoms with Crippen LogP contribution in [0.15, 0.2) is 35.4 Å². The van der Waals surface area contributed by atoms with Crippen molar-refractivity contribution in [1.82, 2.24) is 9.78 Å². The SMILES string of the molecule is Cn1ncc(Cl)c1C(O)C1CSc2ccccc21. The lowest BCUT2D eigenvalue weighted by Gasteiger charge is -2.19. The normalized spacial score (nSPS) is 19.8. The lowest BCUT2D eigenvalue weighted by atomic mass is 9.93. The molecule has 0 fully saturated rings. The van der Waals surface area contributed by atoms with E-state index in [1.165, 1.54) is 10.5 Å². The molecule has 5 heteroatoms. The number of rotatable bonds is 2. The zero-order valence-electron chi connectivity index (χ0n) is 9.88. The van der Waals surface area contributed by atoms with Gasteiger partial charge in [0.2, 0.25) is 0 Å². The van der Waals surface area contributed by atoms with Crippen molar-refractivity contribution in [3.63, 3.8) is 0 Å². The summed E-state index contributed by atoms with van der Waals surface area (Å²) < 4.78 is 1.65. The fourth-order valence-corrected chi connectivity index (χ4v) is 3.95. The van der Waals surface area contributed by atoms with Crippen LogP contribution in [0, 0.1) is 0 Å². The van der Waals surface area contributed by atoms with Crippen molar-refractivity contribution < 1.29 is 5.11 Å². The van der Waals surface area contributed by atoms with Crippen LogP contribution in [0.5, 0.6) is 0 Å². The Morgan fingerprint density at radius 3 is 3.00 bits per heavy atom. The van der Waals surface area contributed by atoms with Crippen LogP contribution >= 0.6 is 23.4 Å².